The molecular weight excluding hydrogens is 357 g/mol. The number of imidazole rings is 1. The highest BCUT2D eigenvalue weighted by Crippen LogP contribution is 2.48. The Morgan fingerprint density at radius 1 is 1.27 bits per heavy atom. The van der Waals surface area contributed by atoms with Crippen LogP contribution in [0.1, 0.15) is 6.92 Å². The summed E-state index contributed by atoms with van der Waals surface area (Å²) in [5.74, 6) is 0.733. The summed E-state index contributed by atoms with van der Waals surface area (Å²) < 4.78 is 30.3. The summed E-state index contributed by atoms with van der Waals surface area (Å²) in [4.78, 5) is 12.3. The van der Waals surface area contributed by atoms with Crippen molar-refractivity contribution >= 4 is 24.6 Å². The maximum atomic E-state index is 12.6. The molecule has 0 bridgehead atoms. The van der Waals surface area contributed by atoms with E-state index in [1.165, 1.54) is 6.33 Å². The van der Waals surface area contributed by atoms with Crippen molar-refractivity contribution < 1.29 is 18.3 Å². The Balaban J connectivity index is 1.62. The zero-order valence-corrected chi connectivity index (χ0v) is 15.1. The first-order valence-corrected chi connectivity index (χ1v) is 9.54. The first-order chi connectivity index (χ1) is 12.5. The molecule has 2 N–H and O–H groups in total. The third kappa shape index (κ3) is 4.19. The van der Waals surface area contributed by atoms with E-state index in [-0.39, 0.29) is 12.5 Å². The van der Waals surface area contributed by atoms with E-state index in [1.807, 2.05) is 13.0 Å². The fraction of sp³-hybridized carbons (Fsp3) is 0.250. The molecule has 0 amide bonds. The molecule has 0 saturated heterocycles. The van der Waals surface area contributed by atoms with Crippen LogP contribution in [0.15, 0.2) is 43.0 Å². The van der Waals surface area contributed by atoms with Crippen LogP contribution >= 0.6 is 7.60 Å². The first kappa shape index (κ1) is 18.3. The molecule has 9 nitrogen and oxygen atoms in total. The Bertz CT molecular complexity index is 917. The van der Waals surface area contributed by atoms with E-state index >= 15 is 0 Å². The van der Waals surface area contributed by atoms with Crippen molar-refractivity contribution in [3.8, 4) is 5.75 Å². The molecule has 3 aromatic rings. The molecule has 0 spiro atoms. The highest BCUT2D eigenvalue weighted by molar-refractivity contribution is 7.54. The van der Waals surface area contributed by atoms with Crippen molar-refractivity contribution in [1.29, 1.82) is 0 Å². The summed E-state index contributed by atoms with van der Waals surface area (Å²) in [7, 11) is -0.282. The van der Waals surface area contributed by atoms with E-state index in [0.717, 1.165) is 0 Å². The molecule has 0 aliphatic rings. The van der Waals surface area contributed by atoms with Gasteiger partial charge in [0, 0.05) is 0 Å². The SMILES string of the molecule is [CH2]OP(=O)(CO[C@H](C)Cn1cnc2c(N)ncnc21)Oc1ccccc1. The van der Waals surface area contributed by atoms with Crippen molar-refractivity contribution in [3.05, 3.63) is 50.1 Å². The predicted molar refractivity (Wildman–Crippen MR) is 96.3 cm³/mol. The lowest BCUT2D eigenvalue weighted by Crippen LogP contribution is -2.18. The molecule has 0 aliphatic carbocycles. The maximum Gasteiger partial charge on any atom is 0.404 e. The van der Waals surface area contributed by atoms with E-state index in [0.29, 0.717) is 29.3 Å². The summed E-state index contributed by atoms with van der Waals surface area (Å²) in [6.45, 7) is 2.25. The Morgan fingerprint density at radius 2 is 2.04 bits per heavy atom. The average Bonchev–Trinajstić information content (AvgIpc) is 3.05. The maximum absolute atomic E-state index is 12.6. The fourth-order valence-electron chi connectivity index (χ4n) is 2.31. The third-order valence-electron chi connectivity index (χ3n) is 3.58. The smallest absolute Gasteiger partial charge is 0.404 e. The summed E-state index contributed by atoms with van der Waals surface area (Å²) in [6, 6.07) is 8.72. The monoisotopic (exact) mass is 376 g/mol. The van der Waals surface area contributed by atoms with E-state index in [1.54, 1.807) is 35.2 Å². The van der Waals surface area contributed by atoms with Gasteiger partial charge in [0.05, 0.1) is 26.1 Å². The average molecular weight is 376 g/mol. The number of nitrogen functional groups attached to an aromatic ring is 1. The van der Waals surface area contributed by atoms with Gasteiger partial charge in [0.2, 0.25) is 0 Å². The van der Waals surface area contributed by atoms with E-state index in [9.17, 15) is 4.57 Å². The molecule has 1 radical (unpaired) electrons. The summed E-state index contributed by atoms with van der Waals surface area (Å²) in [5.41, 5.74) is 6.90. The lowest BCUT2D eigenvalue weighted by molar-refractivity contribution is 0.0764. The van der Waals surface area contributed by atoms with Crippen LogP contribution in [0.4, 0.5) is 5.82 Å². The second-order valence-corrected chi connectivity index (χ2v) is 7.50. The molecule has 3 rings (SSSR count). The lowest BCUT2D eigenvalue weighted by atomic mass is 10.3. The summed E-state index contributed by atoms with van der Waals surface area (Å²) in [5, 5.41) is 0. The number of nitrogens with zero attached hydrogens (tertiary/aromatic N) is 4. The van der Waals surface area contributed by atoms with Gasteiger partial charge in [-0.25, -0.2) is 19.5 Å². The molecule has 2 atom stereocenters. The normalized spacial score (nSPS) is 14.8. The van der Waals surface area contributed by atoms with Gasteiger partial charge >= 0.3 is 7.60 Å². The van der Waals surface area contributed by atoms with Gasteiger partial charge in [-0.3, -0.25) is 4.52 Å². The molecule has 0 aliphatic heterocycles. The highest BCUT2D eigenvalue weighted by atomic mass is 31.2. The summed E-state index contributed by atoms with van der Waals surface area (Å²) >= 11 is 0. The van der Waals surface area contributed by atoms with Gasteiger partial charge in [0.15, 0.2) is 17.8 Å². The molecule has 2 heterocycles. The number of hydrogen-bond donors (Lipinski definition) is 1. The molecule has 137 valence electrons. The van der Waals surface area contributed by atoms with Gasteiger partial charge in [0.25, 0.3) is 0 Å². The molecule has 10 heteroatoms. The van der Waals surface area contributed by atoms with Gasteiger partial charge in [-0.05, 0) is 19.1 Å². The number of rotatable bonds is 8. The van der Waals surface area contributed by atoms with Crippen molar-refractivity contribution in [2.24, 2.45) is 0 Å². The Labute approximate surface area is 150 Å². The molecule has 1 unspecified atom stereocenters. The van der Waals surface area contributed by atoms with Crippen molar-refractivity contribution in [2.75, 3.05) is 12.1 Å². The predicted octanol–water partition coefficient (Wildman–Crippen LogP) is 2.85. The minimum absolute atomic E-state index is 0.240. The number of benzene rings is 1. The Hall–Kier alpha value is -2.48. The second kappa shape index (κ2) is 7.82. The van der Waals surface area contributed by atoms with Crippen LogP contribution in [0, 0.1) is 7.11 Å². The zero-order valence-electron chi connectivity index (χ0n) is 14.2. The molecule has 1 aromatic carbocycles. The van der Waals surface area contributed by atoms with Crippen LogP contribution in [0.3, 0.4) is 0 Å². The van der Waals surface area contributed by atoms with Gasteiger partial charge < -0.3 is 19.6 Å². The number of ether oxygens (including phenoxy) is 1. The van der Waals surface area contributed by atoms with E-state index in [2.05, 4.69) is 22.1 Å². The molecule has 2 aromatic heterocycles. The van der Waals surface area contributed by atoms with Crippen molar-refractivity contribution in [3.63, 3.8) is 0 Å². The van der Waals surface area contributed by atoms with Crippen molar-refractivity contribution in [1.82, 2.24) is 19.5 Å². The number of nitrogens with two attached hydrogens (primary N) is 1. The minimum atomic E-state index is -3.53. The number of hydrogen-bond acceptors (Lipinski definition) is 8. The topological polar surface area (TPSA) is 114 Å². The first-order valence-electron chi connectivity index (χ1n) is 7.81. The summed E-state index contributed by atoms with van der Waals surface area (Å²) in [6.07, 6.45) is 2.43. The fourth-order valence-corrected chi connectivity index (χ4v) is 3.37. The molecule has 0 saturated carbocycles. The standard InChI is InChI=1S/C16H19N5O4P/c1-12(8-21-10-20-14-15(17)18-9-19-16(14)21)24-11-26(22,23-2)25-13-6-4-3-5-7-13/h3-7,9-10,12H,2,8,11H2,1H3,(H2,17,18,19)/t12-,26?/m1/s1. The van der Waals surface area contributed by atoms with Gasteiger partial charge in [-0.2, -0.15) is 0 Å². The quantitative estimate of drug-likeness (QED) is 0.597. The van der Waals surface area contributed by atoms with Gasteiger partial charge in [-0.1, -0.05) is 18.2 Å². The molecule has 0 fully saturated rings. The number of anilines is 1. The Morgan fingerprint density at radius 3 is 2.77 bits per heavy atom. The lowest BCUT2D eigenvalue weighted by Gasteiger charge is -2.20. The largest absolute Gasteiger partial charge is 0.423 e. The second-order valence-electron chi connectivity index (χ2n) is 5.58. The third-order valence-corrected chi connectivity index (χ3v) is 4.93. The number of fused-ring (bicyclic) bond motifs is 1. The highest BCUT2D eigenvalue weighted by Gasteiger charge is 2.26. The van der Waals surface area contributed by atoms with Gasteiger partial charge in [0.1, 0.15) is 17.6 Å². The zero-order chi connectivity index (χ0) is 18.6. The van der Waals surface area contributed by atoms with Crippen molar-refractivity contribution in [2.45, 2.75) is 19.6 Å². The molecular formula is C16H19N5O4P. The number of aromatic nitrogens is 4. The van der Waals surface area contributed by atoms with E-state index in [4.69, 9.17) is 19.5 Å². The number of para-hydroxylation sites is 1. The van der Waals surface area contributed by atoms with Crippen LogP contribution in [-0.4, -0.2) is 32.0 Å². The van der Waals surface area contributed by atoms with Crippen LogP contribution in [0.5, 0.6) is 5.75 Å². The Kier molecular flexibility index (Phi) is 5.51. The van der Waals surface area contributed by atoms with Gasteiger partial charge in [-0.15, -0.1) is 0 Å². The van der Waals surface area contributed by atoms with E-state index < -0.39 is 7.60 Å². The van der Waals surface area contributed by atoms with Crippen LogP contribution in [0.25, 0.3) is 11.2 Å². The van der Waals surface area contributed by atoms with Crippen LogP contribution in [0.2, 0.25) is 0 Å². The molecule has 26 heavy (non-hydrogen) atoms. The van der Waals surface area contributed by atoms with Crippen LogP contribution in [-0.2, 0) is 20.4 Å². The van der Waals surface area contributed by atoms with Crippen LogP contribution < -0.4 is 10.3 Å². The minimum Gasteiger partial charge on any atom is -0.423 e.